The van der Waals surface area contributed by atoms with Gasteiger partial charge in [-0.25, -0.2) is 14.1 Å². The van der Waals surface area contributed by atoms with Gasteiger partial charge in [0.15, 0.2) is 0 Å². The van der Waals surface area contributed by atoms with Crippen molar-refractivity contribution in [2.75, 3.05) is 11.5 Å². The van der Waals surface area contributed by atoms with Gasteiger partial charge in [0.1, 0.15) is 17.1 Å². The summed E-state index contributed by atoms with van der Waals surface area (Å²) in [5.74, 6) is -1.43. The minimum Gasteiger partial charge on any atom is -0.494 e. The minimum absolute atomic E-state index is 0.211. The summed E-state index contributed by atoms with van der Waals surface area (Å²) >= 11 is 6.58. The van der Waals surface area contributed by atoms with Crippen LogP contribution in [0, 0.1) is 5.82 Å². The van der Waals surface area contributed by atoms with Gasteiger partial charge in [0.05, 0.1) is 12.3 Å². The molecule has 0 radical (unpaired) electrons. The van der Waals surface area contributed by atoms with Gasteiger partial charge >= 0.3 is 6.03 Å². The number of hydrogen-bond donors (Lipinski definition) is 1. The summed E-state index contributed by atoms with van der Waals surface area (Å²) in [5.41, 5.74) is 2.81. The second-order valence-corrected chi connectivity index (χ2v) is 8.57. The Kier molecular flexibility index (Phi) is 7.50. The van der Waals surface area contributed by atoms with Gasteiger partial charge in [-0.3, -0.25) is 14.9 Å². The van der Waals surface area contributed by atoms with Gasteiger partial charge in [0, 0.05) is 17.0 Å². The van der Waals surface area contributed by atoms with Crippen LogP contribution in [-0.2, 0) is 22.4 Å². The average Bonchev–Trinajstić information content (AvgIpc) is 2.84. The Hall–Kier alpha value is -3.97. The predicted molar refractivity (Wildman–Crippen MR) is 137 cm³/mol. The van der Waals surface area contributed by atoms with Crippen LogP contribution in [0.5, 0.6) is 5.75 Å². The molecule has 4 amide bonds. The summed E-state index contributed by atoms with van der Waals surface area (Å²) in [6.45, 7) is 4.08. The van der Waals surface area contributed by atoms with E-state index >= 15 is 0 Å². The number of para-hydroxylation sites is 1. The van der Waals surface area contributed by atoms with Crippen LogP contribution in [0.1, 0.15) is 36.1 Å². The van der Waals surface area contributed by atoms with E-state index in [9.17, 15) is 18.8 Å². The maximum Gasteiger partial charge on any atom is 0.335 e. The van der Waals surface area contributed by atoms with Gasteiger partial charge in [-0.2, -0.15) is 0 Å². The summed E-state index contributed by atoms with van der Waals surface area (Å²) < 4.78 is 19.5. The van der Waals surface area contributed by atoms with Gasteiger partial charge in [-0.05, 0) is 66.4 Å². The van der Waals surface area contributed by atoms with Gasteiger partial charge in [0.2, 0.25) is 0 Å². The van der Waals surface area contributed by atoms with Crippen molar-refractivity contribution in [1.29, 1.82) is 0 Å². The third-order valence-electron chi connectivity index (χ3n) is 5.77. The van der Waals surface area contributed by atoms with E-state index in [0.717, 1.165) is 16.0 Å². The van der Waals surface area contributed by atoms with E-state index in [1.54, 1.807) is 36.4 Å². The normalized spacial score (nSPS) is 14.8. The number of benzene rings is 3. The predicted octanol–water partition coefficient (Wildman–Crippen LogP) is 5.70. The van der Waals surface area contributed by atoms with Crippen LogP contribution in [-0.4, -0.2) is 24.5 Å². The number of imide groups is 2. The van der Waals surface area contributed by atoms with Crippen LogP contribution in [0.4, 0.5) is 14.9 Å². The monoisotopic (exact) mass is 506 g/mol. The number of carbonyl (C=O) groups is 3. The molecule has 1 aliphatic rings. The SMILES string of the molecule is CCOc1cc(/C=C2/C(=O)NC(=O)N(c3ccccc3CC)C2=O)cc(Cl)c1Cc1cccc(F)c1. The van der Waals surface area contributed by atoms with Crippen molar-refractivity contribution in [3.8, 4) is 5.75 Å². The molecule has 0 unspecified atom stereocenters. The maximum absolute atomic E-state index is 13.7. The molecule has 3 aromatic rings. The van der Waals surface area contributed by atoms with E-state index in [1.165, 1.54) is 18.2 Å². The second-order valence-electron chi connectivity index (χ2n) is 8.16. The number of amides is 4. The summed E-state index contributed by atoms with van der Waals surface area (Å²) in [6, 6.07) is 15.7. The van der Waals surface area contributed by atoms with Crippen molar-refractivity contribution >= 4 is 41.2 Å². The number of halogens is 2. The first kappa shape index (κ1) is 25.1. The fraction of sp³-hybridized carbons (Fsp3) is 0.179. The molecule has 36 heavy (non-hydrogen) atoms. The number of nitrogens with one attached hydrogen (secondary N) is 1. The zero-order valence-corrected chi connectivity index (χ0v) is 20.6. The quantitative estimate of drug-likeness (QED) is 0.329. The highest BCUT2D eigenvalue weighted by Crippen LogP contribution is 2.33. The Bertz CT molecular complexity index is 1390. The second kappa shape index (κ2) is 10.7. The first-order valence-corrected chi connectivity index (χ1v) is 11.9. The van der Waals surface area contributed by atoms with Crippen LogP contribution in [0.2, 0.25) is 5.02 Å². The minimum atomic E-state index is -0.804. The largest absolute Gasteiger partial charge is 0.494 e. The van der Waals surface area contributed by atoms with E-state index in [2.05, 4.69) is 5.32 Å². The number of barbiturate groups is 1. The molecule has 1 N–H and O–H groups in total. The average molecular weight is 507 g/mol. The highest BCUT2D eigenvalue weighted by molar-refractivity contribution is 6.39. The number of hydrogen-bond acceptors (Lipinski definition) is 4. The van der Waals surface area contributed by atoms with Gasteiger partial charge in [-0.1, -0.05) is 48.9 Å². The Balaban J connectivity index is 1.73. The first-order chi connectivity index (χ1) is 17.3. The topological polar surface area (TPSA) is 75.7 Å². The lowest BCUT2D eigenvalue weighted by Crippen LogP contribution is -2.54. The zero-order valence-electron chi connectivity index (χ0n) is 19.8. The van der Waals surface area contributed by atoms with E-state index < -0.39 is 17.8 Å². The van der Waals surface area contributed by atoms with Crippen LogP contribution < -0.4 is 15.0 Å². The number of nitrogens with zero attached hydrogens (tertiary/aromatic N) is 1. The molecule has 4 rings (SSSR count). The Labute approximate surface area is 213 Å². The molecule has 0 bridgehead atoms. The van der Waals surface area contributed by atoms with Crippen molar-refractivity contribution in [3.63, 3.8) is 0 Å². The highest BCUT2D eigenvalue weighted by Gasteiger charge is 2.37. The number of ether oxygens (including phenoxy) is 1. The summed E-state index contributed by atoms with van der Waals surface area (Å²) in [6.07, 6.45) is 2.31. The van der Waals surface area contributed by atoms with Crippen molar-refractivity contribution < 1.29 is 23.5 Å². The molecule has 1 saturated heterocycles. The van der Waals surface area contributed by atoms with E-state index in [-0.39, 0.29) is 11.4 Å². The van der Waals surface area contributed by atoms with E-state index in [4.69, 9.17) is 16.3 Å². The molecule has 0 saturated carbocycles. The Morgan fingerprint density at radius 2 is 1.81 bits per heavy atom. The van der Waals surface area contributed by atoms with Crippen molar-refractivity contribution in [2.24, 2.45) is 0 Å². The molecule has 6 nitrogen and oxygen atoms in total. The lowest BCUT2D eigenvalue weighted by molar-refractivity contribution is -0.122. The molecular weight excluding hydrogens is 483 g/mol. The lowest BCUT2D eigenvalue weighted by Gasteiger charge is -2.28. The fourth-order valence-electron chi connectivity index (χ4n) is 4.09. The van der Waals surface area contributed by atoms with Gasteiger partial charge in [0.25, 0.3) is 11.8 Å². The highest BCUT2D eigenvalue weighted by atomic mass is 35.5. The zero-order chi connectivity index (χ0) is 25.8. The maximum atomic E-state index is 13.7. The number of urea groups is 1. The third-order valence-corrected chi connectivity index (χ3v) is 6.11. The van der Waals surface area contributed by atoms with Crippen LogP contribution in [0.3, 0.4) is 0 Å². The van der Waals surface area contributed by atoms with Crippen LogP contribution in [0.15, 0.2) is 66.2 Å². The smallest absolute Gasteiger partial charge is 0.335 e. The Morgan fingerprint density at radius 1 is 1.03 bits per heavy atom. The van der Waals surface area contributed by atoms with Crippen molar-refractivity contribution in [1.82, 2.24) is 5.32 Å². The Morgan fingerprint density at radius 3 is 2.53 bits per heavy atom. The fourth-order valence-corrected chi connectivity index (χ4v) is 4.38. The van der Waals surface area contributed by atoms with Gasteiger partial charge < -0.3 is 4.74 Å². The summed E-state index contributed by atoms with van der Waals surface area (Å²) in [4.78, 5) is 39.5. The van der Waals surface area contributed by atoms with Gasteiger partial charge in [-0.15, -0.1) is 0 Å². The first-order valence-electron chi connectivity index (χ1n) is 11.5. The number of anilines is 1. The number of rotatable bonds is 7. The molecule has 8 heteroatoms. The van der Waals surface area contributed by atoms with E-state index in [1.807, 2.05) is 26.0 Å². The molecule has 1 aliphatic heterocycles. The standard InChI is InChI=1S/C28H24ClFN2O4/c1-3-19-9-5-6-11-24(19)32-27(34)22(26(33)31-28(32)35)14-18-15-23(29)21(25(16-18)36-4-2)13-17-8-7-10-20(30)12-17/h5-12,14-16H,3-4,13H2,1-2H3,(H,31,33,35)/b22-14-. The molecule has 1 fully saturated rings. The molecule has 184 valence electrons. The third kappa shape index (κ3) is 5.16. The molecule has 0 spiro atoms. The molecule has 3 aromatic carbocycles. The van der Waals surface area contributed by atoms with Crippen molar-refractivity contribution in [3.05, 3.63) is 99.3 Å². The van der Waals surface area contributed by atoms with Crippen molar-refractivity contribution in [2.45, 2.75) is 26.7 Å². The van der Waals surface area contributed by atoms with E-state index in [0.29, 0.717) is 47.0 Å². The summed E-state index contributed by atoms with van der Waals surface area (Å²) in [7, 11) is 0. The van der Waals surface area contributed by atoms with Crippen LogP contribution in [0.25, 0.3) is 6.08 Å². The molecule has 0 atom stereocenters. The number of carbonyl (C=O) groups excluding carboxylic acids is 3. The van der Waals surface area contributed by atoms with Crippen LogP contribution >= 0.6 is 11.6 Å². The molecule has 0 aliphatic carbocycles. The number of aryl methyl sites for hydroxylation is 1. The molecule has 0 aromatic heterocycles. The lowest BCUT2D eigenvalue weighted by atomic mass is 10.00. The summed E-state index contributed by atoms with van der Waals surface area (Å²) in [5, 5.41) is 2.58. The molecule has 1 heterocycles. The molecular formula is C28H24ClFN2O4.